The number of hydrogen-bond acceptors (Lipinski definition) is 3. The van der Waals surface area contributed by atoms with E-state index in [1.165, 1.54) is 4.68 Å². The summed E-state index contributed by atoms with van der Waals surface area (Å²) in [6, 6.07) is -0.908. The number of nitrogens with two attached hydrogens (primary N) is 1. The van der Waals surface area contributed by atoms with Gasteiger partial charge >= 0.3 is 5.97 Å². The van der Waals surface area contributed by atoms with E-state index in [0.717, 1.165) is 0 Å². The minimum absolute atomic E-state index is 0.190. The second-order valence-corrected chi connectivity index (χ2v) is 3.19. The van der Waals surface area contributed by atoms with Gasteiger partial charge in [-0.25, -0.2) is 0 Å². The van der Waals surface area contributed by atoms with Gasteiger partial charge in [0.15, 0.2) is 0 Å². The lowest BCUT2D eigenvalue weighted by Crippen LogP contribution is -2.30. The molecule has 6 nitrogen and oxygen atoms in total. The molecule has 0 spiro atoms. The third-order valence-electron chi connectivity index (χ3n) is 1.96. The highest BCUT2D eigenvalue weighted by molar-refractivity contribution is 5.73. The van der Waals surface area contributed by atoms with Gasteiger partial charge in [-0.3, -0.25) is 19.4 Å². The molecule has 4 N–H and O–H groups in total. The third kappa shape index (κ3) is 2.46. The normalized spacial score (nSPS) is 12.7. The molecule has 1 unspecified atom stereocenters. The van der Waals surface area contributed by atoms with Crippen molar-refractivity contribution in [3.8, 4) is 0 Å². The predicted octanol–water partition coefficient (Wildman–Crippen LogP) is -0.942. The quantitative estimate of drug-likeness (QED) is 0.582. The van der Waals surface area contributed by atoms with Crippen LogP contribution in [0.2, 0.25) is 0 Å². The number of hydrogen-bond donors (Lipinski definition) is 3. The van der Waals surface area contributed by atoms with Crippen LogP contribution in [-0.2, 0) is 18.3 Å². The lowest BCUT2D eigenvalue weighted by molar-refractivity contribution is -0.138. The zero-order valence-electron chi connectivity index (χ0n) is 7.86. The molecule has 0 aliphatic rings. The Bertz CT molecular complexity index is 379. The molecule has 14 heavy (non-hydrogen) atoms. The number of rotatable bonds is 4. The molecule has 0 bridgehead atoms. The molecule has 0 saturated heterocycles. The van der Waals surface area contributed by atoms with Crippen LogP contribution in [0.25, 0.3) is 0 Å². The van der Waals surface area contributed by atoms with Gasteiger partial charge in [0, 0.05) is 18.8 Å². The molecule has 0 saturated carbocycles. The molecule has 78 valence electrons. The maximum atomic E-state index is 11.2. The van der Waals surface area contributed by atoms with Crippen molar-refractivity contribution in [3.63, 3.8) is 0 Å². The number of carboxylic acids is 1. The fraction of sp³-hybridized carbons (Fsp3) is 0.500. The van der Waals surface area contributed by atoms with Crippen LogP contribution >= 0.6 is 0 Å². The Morgan fingerprint density at radius 1 is 1.79 bits per heavy atom. The Kier molecular flexibility index (Phi) is 3.08. The molecular weight excluding hydrogens is 186 g/mol. The first-order chi connectivity index (χ1) is 6.50. The minimum Gasteiger partial charge on any atom is -0.480 e. The van der Waals surface area contributed by atoms with E-state index in [-0.39, 0.29) is 12.0 Å². The van der Waals surface area contributed by atoms with Gasteiger partial charge in [-0.05, 0) is 12.8 Å². The Hall–Kier alpha value is -1.56. The molecule has 1 heterocycles. The van der Waals surface area contributed by atoms with E-state index >= 15 is 0 Å². The molecule has 1 rings (SSSR count). The summed E-state index contributed by atoms with van der Waals surface area (Å²) in [4.78, 5) is 21.6. The second-order valence-electron chi connectivity index (χ2n) is 3.19. The molecule has 0 fully saturated rings. The number of nitrogens with zero attached hydrogens (tertiary/aromatic N) is 1. The van der Waals surface area contributed by atoms with Crippen molar-refractivity contribution < 1.29 is 9.90 Å². The molecule has 6 heteroatoms. The van der Waals surface area contributed by atoms with E-state index in [9.17, 15) is 9.59 Å². The molecule has 1 aromatic rings. The van der Waals surface area contributed by atoms with Gasteiger partial charge in [-0.15, -0.1) is 0 Å². The van der Waals surface area contributed by atoms with Crippen LogP contribution in [0.4, 0.5) is 0 Å². The lowest BCUT2D eigenvalue weighted by Gasteiger charge is -2.03. The van der Waals surface area contributed by atoms with Crippen LogP contribution in [-0.4, -0.2) is 26.9 Å². The summed E-state index contributed by atoms with van der Waals surface area (Å²) in [5.74, 6) is -1.04. The molecule has 0 aliphatic carbocycles. The Balaban J connectivity index is 2.58. The van der Waals surface area contributed by atoms with Crippen LogP contribution < -0.4 is 11.3 Å². The Morgan fingerprint density at radius 2 is 2.43 bits per heavy atom. The van der Waals surface area contributed by atoms with Crippen LogP contribution in [0.3, 0.4) is 0 Å². The summed E-state index contributed by atoms with van der Waals surface area (Å²) >= 11 is 0. The summed E-state index contributed by atoms with van der Waals surface area (Å²) in [6.07, 6.45) is 2.28. The zero-order chi connectivity index (χ0) is 10.7. The first-order valence-electron chi connectivity index (χ1n) is 4.23. The summed E-state index contributed by atoms with van der Waals surface area (Å²) in [5.41, 5.74) is 5.67. The van der Waals surface area contributed by atoms with E-state index in [0.29, 0.717) is 12.0 Å². The molecule has 1 atom stereocenters. The van der Waals surface area contributed by atoms with Gasteiger partial charge in [-0.2, -0.15) is 0 Å². The highest BCUT2D eigenvalue weighted by atomic mass is 16.4. The number of aryl methyl sites for hydroxylation is 2. The van der Waals surface area contributed by atoms with Crippen molar-refractivity contribution >= 4 is 5.97 Å². The van der Waals surface area contributed by atoms with Gasteiger partial charge in [0.2, 0.25) is 0 Å². The van der Waals surface area contributed by atoms with Crippen LogP contribution in [0.1, 0.15) is 12.0 Å². The Morgan fingerprint density at radius 3 is 2.86 bits per heavy atom. The van der Waals surface area contributed by atoms with E-state index in [4.69, 9.17) is 10.8 Å². The van der Waals surface area contributed by atoms with Gasteiger partial charge in [-0.1, -0.05) is 0 Å². The summed E-state index contributed by atoms with van der Waals surface area (Å²) in [7, 11) is 1.70. The first kappa shape index (κ1) is 10.5. The average molecular weight is 199 g/mol. The smallest absolute Gasteiger partial charge is 0.320 e. The molecule has 0 aliphatic heterocycles. The molecular formula is C8H13N3O3. The minimum atomic E-state index is -1.04. The van der Waals surface area contributed by atoms with Crippen molar-refractivity contribution in [1.82, 2.24) is 9.78 Å². The van der Waals surface area contributed by atoms with Gasteiger partial charge in [0.25, 0.3) is 5.56 Å². The fourth-order valence-corrected chi connectivity index (χ4v) is 1.17. The zero-order valence-corrected chi connectivity index (χ0v) is 7.86. The van der Waals surface area contributed by atoms with E-state index in [1.807, 2.05) is 0 Å². The molecule has 1 aromatic heterocycles. The standard InChI is InChI=1S/C8H13N3O3/c1-11-4-5(7(12)10-11)2-3-6(9)8(13)14/h4,6H,2-3,9H2,1H3,(H,10,12)(H,13,14). The second kappa shape index (κ2) is 4.10. The highest BCUT2D eigenvalue weighted by Crippen LogP contribution is 1.98. The third-order valence-corrected chi connectivity index (χ3v) is 1.96. The monoisotopic (exact) mass is 199 g/mol. The highest BCUT2D eigenvalue weighted by Gasteiger charge is 2.12. The van der Waals surface area contributed by atoms with Crippen molar-refractivity contribution in [2.45, 2.75) is 18.9 Å². The fourth-order valence-electron chi connectivity index (χ4n) is 1.17. The maximum absolute atomic E-state index is 11.2. The average Bonchev–Trinajstić information content (AvgIpc) is 2.40. The Labute approximate surface area is 80.3 Å². The summed E-state index contributed by atoms with van der Waals surface area (Å²) < 4.78 is 1.53. The number of aromatic amines is 1. The number of aliphatic carboxylic acids is 1. The number of nitrogens with one attached hydrogen (secondary N) is 1. The van der Waals surface area contributed by atoms with Crippen molar-refractivity contribution in [3.05, 3.63) is 22.1 Å². The lowest BCUT2D eigenvalue weighted by atomic mass is 10.1. The van der Waals surface area contributed by atoms with E-state index < -0.39 is 12.0 Å². The van der Waals surface area contributed by atoms with Crippen LogP contribution in [0, 0.1) is 0 Å². The largest absolute Gasteiger partial charge is 0.480 e. The number of H-pyrrole nitrogens is 1. The van der Waals surface area contributed by atoms with Crippen LogP contribution in [0.15, 0.2) is 11.0 Å². The van der Waals surface area contributed by atoms with Crippen molar-refractivity contribution in [1.29, 1.82) is 0 Å². The van der Waals surface area contributed by atoms with E-state index in [2.05, 4.69) is 5.10 Å². The van der Waals surface area contributed by atoms with Crippen molar-refractivity contribution in [2.75, 3.05) is 0 Å². The summed E-state index contributed by atoms with van der Waals surface area (Å²) in [5, 5.41) is 11.1. The first-order valence-corrected chi connectivity index (χ1v) is 4.23. The van der Waals surface area contributed by atoms with Crippen molar-refractivity contribution in [2.24, 2.45) is 12.8 Å². The van der Waals surface area contributed by atoms with Gasteiger partial charge in [0.05, 0.1) is 0 Å². The van der Waals surface area contributed by atoms with Gasteiger partial charge < -0.3 is 10.8 Å². The number of carboxylic acid groups (broad SMARTS) is 1. The maximum Gasteiger partial charge on any atom is 0.320 e. The summed E-state index contributed by atoms with van der Waals surface area (Å²) in [6.45, 7) is 0. The predicted molar refractivity (Wildman–Crippen MR) is 50.0 cm³/mol. The SMILES string of the molecule is Cn1cc(CCC(N)C(=O)O)c(=O)[nH]1. The molecule has 0 aromatic carbocycles. The van der Waals surface area contributed by atoms with E-state index in [1.54, 1.807) is 13.2 Å². The number of carbonyl (C=O) groups is 1. The number of aromatic nitrogens is 2. The van der Waals surface area contributed by atoms with Gasteiger partial charge in [0.1, 0.15) is 6.04 Å². The topological polar surface area (TPSA) is 101 Å². The van der Waals surface area contributed by atoms with Crippen LogP contribution in [0.5, 0.6) is 0 Å². The molecule has 0 radical (unpaired) electrons. The molecule has 0 amide bonds.